The van der Waals surface area contributed by atoms with Crippen LogP contribution in [0.3, 0.4) is 0 Å². The minimum absolute atomic E-state index is 0.311. The van der Waals surface area contributed by atoms with Gasteiger partial charge in [0.05, 0.1) is 0 Å². The van der Waals surface area contributed by atoms with E-state index in [1.54, 1.807) is 6.92 Å². The molecule has 0 aliphatic carbocycles. The summed E-state index contributed by atoms with van der Waals surface area (Å²) in [4.78, 5) is 16.3. The molecule has 0 aromatic rings. The van der Waals surface area contributed by atoms with Gasteiger partial charge in [-0.2, -0.15) is 0 Å². The van der Waals surface area contributed by atoms with E-state index in [9.17, 15) is 4.79 Å². The van der Waals surface area contributed by atoms with E-state index in [0.29, 0.717) is 10.2 Å². The molecular formula is C9H18NO2+. The second-order valence-electron chi connectivity index (χ2n) is 3.09. The number of hydroxylamine groups is 3. The lowest BCUT2D eigenvalue weighted by atomic mass is 10.4. The van der Waals surface area contributed by atoms with Gasteiger partial charge in [0.15, 0.2) is 0 Å². The molecule has 0 fully saturated rings. The van der Waals surface area contributed by atoms with Crippen molar-refractivity contribution >= 4 is 5.97 Å². The molecule has 0 aliphatic rings. The zero-order valence-corrected chi connectivity index (χ0v) is 8.39. The Morgan fingerprint density at radius 2 is 1.83 bits per heavy atom. The summed E-state index contributed by atoms with van der Waals surface area (Å²) in [5.41, 5.74) is 0.446. The van der Waals surface area contributed by atoms with Gasteiger partial charge in [-0.25, -0.2) is 4.79 Å². The van der Waals surface area contributed by atoms with Crippen LogP contribution in [-0.2, 0) is 9.63 Å². The second-order valence-corrected chi connectivity index (χ2v) is 3.09. The Balaban J connectivity index is 4.21. The Bertz CT molecular complexity index is 183. The highest BCUT2D eigenvalue weighted by Crippen LogP contribution is 2.05. The topological polar surface area (TPSA) is 26.3 Å². The quantitative estimate of drug-likeness (QED) is 0.365. The molecule has 0 aromatic heterocycles. The molecular weight excluding hydrogens is 154 g/mol. The van der Waals surface area contributed by atoms with Crippen molar-refractivity contribution < 1.29 is 14.3 Å². The Morgan fingerprint density at radius 1 is 1.42 bits per heavy atom. The normalized spacial score (nSPS) is 11.0. The molecule has 0 bridgehead atoms. The maximum absolute atomic E-state index is 11.1. The molecule has 0 rings (SSSR count). The van der Waals surface area contributed by atoms with Crippen molar-refractivity contribution in [3.63, 3.8) is 0 Å². The zero-order chi connectivity index (χ0) is 9.78. The molecule has 0 spiro atoms. The molecule has 12 heavy (non-hydrogen) atoms. The van der Waals surface area contributed by atoms with Crippen molar-refractivity contribution in [2.45, 2.75) is 20.8 Å². The van der Waals surface area contributed by atoms with Crippen LogP contribution in [0.2, 0.25) is 0 Å². The van der Waals surface area contributed by atoms with Gasteiger partial charge in [-0.1, -0.05) is 6.58 Å². The van der Waals surface area contributed by atoms with Crippen molar-refractivity contribution in [1.29, 1.82) is 0 Å². The van der Waals surface area contributed by atoms with E-state index in [2.05, 4.69) is 6.58 Å². The summed E-state index contributed by atoms with van der Waals surface area (Å²) < 4.78 is 0.311. The molecule has 3 nitrogen and oxygen atoms in total. The van der Waals surface area contributed by atoms with E-state index in [0.717, 1.165) is 13.1 Å². The fourth-order valence-corrected chi connectivity index (χ4v) is 0.631. The van der Waals surface area contributed by atoms with Gasteiger partial charge in [-0.15, -0.1) is 4.65 Å². The van der Waals surface area contributed by atoms with E-state index in [1.807, 2.05) is 20.9 Å². The number of rotatable bonds is 4. The molecule has 0 amide bonds. The van der Waals surface area contributed by atoms with Crippen LogP contribution in [-0.4, -0.2) is 30.8 Å². The summed E-state index contributed by atoms with van der Waals surface area (Å²) in [5, 5.41) is 0. The molecule has 70 valence electrons. The molecule has 0 heterocycles. The molecule has 0 aliphatic heterocycles. The summed E-state index contributed by atoms with van der Waals surface area (Å²) in [6.07, 6.45) is 0. The van der Waals surface area contributed by atoms with Crippen LogP contribution < -0.4 is 0 Å². The highest BCUT2D eigenvalue weighted by atomic mass is 16.7. The van der Waals surface area contributed by atoms with Crippen molar-refractivity contribution in [3.8, 4) is 0 Å². The Morgan fingerprint density at radius 3 is 2.08 bits per heavy atom. The Labute approximate surface area is 74.2 Å². The minimum atomic E-state index is -0.318. The lowest BCUT2D eigenvalue weighted by molar-refractivity contribution is -1.07. The fraction of sp³-hybridized carbons (Fsp3) is 0.667. The molecule has 0 unspecified atom stereocenters. The highest BCUT2D eigenvalue weighted by molar-refractivity contribution is 5.86. The standard InChI is InChI=1S/C9H18NO2/c1-6-10(5,7-2)12-9(11)8(3)4/h3,6-7H2,1-2,4-5H3/q+1. The molecule has 0 saturated heterocycles. The van der Waals surface area contributed by atoms with Gasteiger partial charge in [0.25, 0.3) is 0 Å². The van der Waals surface area contributed by atoms with Crippen LogP contribution in [0.4, 0.5) is 0 Å². The van der Waals surface area contributed by atoms with Gasteiger partial charge in [-0.05, 0) is 20.8 Å². The predicted molar refractivity (Wildman–Crippen MR) is 48.2 cm³/mol. The number of quaternary nitrogens is 1. The first-order chi connectivity index (χ1) is 5.45. The number of nitrogens with zero attached hydrogens (tertiary/aromatic N) is 1. The lowest BCUT2D eigenvalue weighted by Gasteiger charge is -2.27. The molecule has 0 atom stereocenters. The summed E-state index contributed by atoms with van der Waals surface area (Å²) in [5.74, 6) is -0.318. The van der Waals surface area contributed by atoms with Crippen LogP contribution >= 0.6 is 0 Å². The summed E-state index contributed by atoms with van der Waals surface area (Å²) >= 11 is 0. The van der Waals surface area contributed by atoms with Crippen molar-refractivity contribution in [3.05, 3.63) is 12.2 Å². The van der Waals surface area contributed by atoms with E-state index >= 15 is 0 Å². The van der Waals surface area contributed by atoms with Gasteiger partial charge < -0.3 is 0 Å². The summed E-state index contributed by atoms with van der Waals surface area (Å²) in [7, 11) is 1.88. The van der Waals surface area contributed by atoms with Gasteiger partial charge in [-0.3, -0.25) is 4.84 Å². The average Bonchev–Trinajstić information content (AvgIpc) is 2.04. The van der Waals surface area contributed by atoms with E-state index in [4.69, 9.17) is 4.84 Å². The summed E-state index contributed by atoms with van der Waals surface area (Å²) in [6, 6.07) is 0. The average molecular weight is 172 g/mol. The smallest absolute Gasteiger partial charge is 0.272 e. The molecule has 0 radical (unpaired) electrons. The molecule has 0 N–H and O–H groups in total. The fourth-order valence-electron chi connectivity index (χ4n) is 0.631. The minimum Gasteiger partial charge on any atom is -0.272 e. The Kier molecular flexibility index (Phi) is 3.96. The number of hydrogen-bond donors (Lipinski definition) is 0. The third kappa shape index (κ3) is 3.05. The van der Waals surface area contributed by atoms with Crippen LogP contribution in [0.25, 0.3) is 0 Å². The van der Waals surface area contributed by atoms with Gasteiger partial charge in [0.1, 0.15) is 20.1 Å². The lowest BCUT2D eigenvalue weighted by Crippen LogP contribution is -2.45. The third-order valence-corrected chi connectivity index (χ3v) is 1.99. The molecule has 3 heteroatoms. The maximum atomic E-state index is 11.1. The SMILES string of the molecule is C=C(C)C(=O)O[N+](C)(CC)CC. The maximum Gasteiger partial charge on any atom is 0.392 e. The van der Waals surface area contributed by atoms with Crippen LogP contribution in [0, 0.1) is 0 Å². The number of carbonyl (C=O) groups is 1. The number of hydrogen-bond acceptors (Lipinski definition) is 2. The first-order valence-corrected chi connectivity index (χ1v) is 4.19. The van der Waals surface area contributed by atoms with E-state index < -0.39 is 0 Å². The zero-order valence-electron chi connectivity index (χ0n) is 8.39. The van der Waals surface area contributed by atoms with Gasteiger partial charge in [0.2, 0.25) is 0 Å². The van der Waals surface area contributed by atoms with Crippen molar-refractivity contribution in [2.75, 3.05) is 20.1 Å². The second kappa shape index (κ2) is 4.26. The predicted octanol–water partition coefficient (Wildman–Crippen LogP) is 1.51. The summed E-state index contributed by atoms with van der Waals surface area (Å²) in [6.45, 7) is 10.7. The van der Waals surface area contributed by atoms with Crippen molar-refractivity contribution in [2.24, 2.45) is 0 Å². The monoisotopic (exact) mass is 172 g/mol. The Hall–Kier alpha value is -0.830. The van der Waals surface area contributed by atoms with Crippen molar-refractivity contribution in [1.82, 2.24) is 0 Å². The van der Waals surface area contributed by atoms with Gasteiger partial charge in [0, 0.05) is 5.57 Å². The van der Waals surface area contributed by atoms with E-state index in [-0.39, 0.29) is 5.97 Å². The largest absolute Gasteiger partial charge is 0.392 e. The van der Waals surface area contributed by atoms with Crippen LogP contribution in [0.5, 0.6) is 0 Å². The highest BCUT2D eigenvalue weighted by Gasteiger charge is 2.23. The molecule has 0 aromatic carbocycles. The van der Waals surface area contributed by atoms with E-state index in [1.165, 1.54) is 0 Å². The third-order valence-electron chi connectivity index (χ3n) is 1.99. The first-order valence-electron chi connectivity index (χ1n) is 4.19. The molecule has 0 saturated carbocycles. The first kappa shape index (κ1) is 11.2. The van der Waals surface area contributed by atoms with Crippen LogP contribution in [0.1, 0.15) is 20.8 Å². The van der Waals surface area contributed by atoms with Crippen LogP contribution in [0.15, 0.2) is 12.2 Å². The van der Waals surface area contributed by atoms with Gasteiger partial charge >= 0.3 is 5.97 Å². The number of carbonyl (C=O) groups excluding carboxylic acids is 1.